The molecule has 2 aromatic rings. The second kappa shape index (κ2) is 5.89. The fourth-order valence-corrected chi connectivity index (χ4v) is 1.97. The molecule has 0 atom stereocenters. The van der Waals surface area contributed by atoms with Crippen LogP contribution < -0.4 is 11.1 Å². The second-order valence-corrected chi connectivity index (χ2v) is 4.54. The molecule has 2 rings (SSSR count). The molecule has 0 aliphatic rings. The van der Waals surface area contributed by atoms with Crippen LogP contribution in [-0.2, 0) is 7.05 Å². The summed E-state index contributed by atoms with van der Waals surface area (Å²) in [4.78, 5) is 0. The first-order chi connectivity index (χ1) is 8.72. The van der Waals surface area contributed by atoms with Gasteiger partial charge in [-0.25, -0.2) is 0 Å². The topological polar surface area (TPSA) is 55.9 Å². The number of benzene rings is 1. The molecule has 0 spiro atoms. The number of halogens is 1. The van der Waals surface area contributed by atoms with E-state index in [1.54, 1.807) is 0 Å². The third-order valence-electron chi connectivity index (χ3n) is 2.75. The maximum absolute atomic E-state index is 5.90. The van der Waals surface area contributed by atoms with Crippen molar-refractivity contribution in [2.45, 2.75) is 6.42 Å². The predicted octanol–water partition coefficient (Wildman–Crippen LogP) is 2.50. The maximum Gasteiger partial charge on any atom is 0.0910 e. The van der Waals surface area contributed by atoms with Gasteiger partial charge in [0.15, 0.2) is 0 Å². The van der Waals surface area contributed by atoms with Gasteiger partial charge in [-0.2, -0.15) is 5.10 Å². The summed E-state index contributed by atoms with van der Waals surface area (Å²) in [7, 11) is 1.93. The van der Waals surface area contributed by atoms with Gasteiger partial charge in [0.1, 0.15) is 0 Å². The number of nitrogens with zero attached hydrogens (tertiary/aromatic N) is 2. The minimum absolute atomic E-state index is 0.684. The lowest BCUT2D eigenvalue weighted by Crippen LogP contribution is -2.08. The van der Waals surface area contributed by atoms with E-state index in [4.69, 9.17) is 17.3 Å². The smallest absolute Gasteiger partial charge is 0.0910 e. The number of anilines is 1. The Labute approximate surface area is 112 Å². The molecule has 96 valence electrons. The van der Waals surface area contributed by atoms with Crippen LogP contribution in [0.4, 0.5) is 5.69 Å². The van der Waals surface area contributed by atoms with Gasteiger partial charge in [0.05, 0.1) is 17.6 Å². The average molecular weight is 265 g/mol. The number of rotatable bonds is 5. The Morgan fingerprint density at radius 1 is 1.33 bits per heavy atom. The second-order valence-electron chi connectivity index (χ2n) is 4.11. The number of nitrogens with one attached hydrogen (secondary N) is 1. The van der Waals surface area contributed by atoms with Crippen molar-refractivity contribution in [3.8, 4) is 11.3 Å². The van der Waals surface area contributed by atoms with Crippen molar-refractivity contribution in [2.75, 3.05) is 18.4 Å². The van der Waals surface area contributed by atoms with Gasteiger partial charge in [0, 0.05) is 24.2 Å². The van der Waals surface area contributed by atoms with Crippen molar-refractivity contribution >= 4 is 17.3 Å². The number of hydrogen-bond donors (Lipinski definition) is 2. The Morgan fingerprint density at radius 3 is 2.72 bits per heavy atom. The Balaban J connectivity index is 2.25. The molecule has 0 aliphatic carbocycles. The normalized spacial score (nSPS) is 10.6. The van der Waals surface area contributed by atoms with E-state index in [2.05, 4.69) is 10.4 Å². The Bertz CT molecular complexity index is 504. The van der Waals surface area contributed by atoms with Crippen LogP contribution in [0.5, 0.6) is 0 Å². The fraction of sp³-hybridized carbons (Fsp3) is 0.308. The number of nitrogens with two attached hydrogens (primary N) is 1. The van der Waals surface area contributed by atoms with E-state index >= 15 is 0 Å². The summed E-state index contributed by atoms with van der Waals surface area (Å²) in [5.74, 6) is 0. The zero-order valence-corrected chi connectivity index (χ0v) is 11.1. The molecule has 1 aromatic heterocycles. The third kappa shape index (κ3) is 2.83. The van der Waals surface area contributed by atoms with E-state index in [0.717, 1.165) is 34.9 Å². The van der Waals surface area contributed by atoms with E-state index in [1.807, 2.05) is 42.2 Å². The highest BCUT2D eigenvalue weighted by molar-refractivity contribution is 6.30. The Kier molecular flexibility index (Phi) is 4.23. The Morgan fingerprint density at radius 2 is 2.06 bits per heavy atom. The first kappa shape index (κ1) is 12.9. The molecule has 0 radical (unpaired) electrons. The SMILES string of the molecule is Cn1ncc(NCCCN)c1-c1ccc(Cl)cc1. The van der Waals surface area contributed by atoms with Gasteiger partial charge >= 0.3 is 0 Å². The summed E-state index contributed by atoms with van der Waals surface area (Å²) in [5, 5.41) is 8.37. The van der Waals surface area contributed by atoms with Crippen LogP contribution in [0.15, 0.2) is 30.5 Å². The van der Waals surface area contributed by atoms with Crippen LogP contribution in [0, 0.1) is 0 Å². The molecule has 0 unspecified atom stereocenters. The van der Waals surface area contributed by atoms with Crippen molar-refractivity contribution in [3.63, 3.8) is 0 Å². The predicted molar refractivity (Wildman–Crippen MR) is 75.8 cm³/mol. The van der Waals surface area contributed by atoms with E-state index < -0.39 is 0 Å². The number of aryl methyl sites for hydroxylation is 1. The van der Waals surface area contributed by atoms with Crippen molar-refractivity contribution in [1.82, 2.24) is 9.78 Å². The van der Waals surface area contributed by atoms with E-state index in [0.29, 0.717) is 6.54 Å². The highest BCUT2D eigenvalue weighted by Crippen LogP contribution is 2.28. The van der Waals surface area contributed by atoms with Gasteiger partial charge in [0.2, 0.25) is 0 Å². The summed E-state index contributed by atoms with van der Waals surface area (Å²) in [5.41, 5.74) is 8.66. The van der Waals surface area contributed by atoms with Crippen LogP contribution in [0.2, 0.25) is 5.02 Å². The first-order valence-electron chi connectivity index (χ1n) is 5.94. The van der Waals surface area contributed by atoms with Gasteiger partial charge in [-0.05, 0) is 25.1 Å². The highest BCUT2D eigenvalue weighted by atomic mass is 35.5. The van der Waals surface area contributed by atoms with Crippen LogP contribution >= 0.6 is 11.6 Å². The zero-order chi connectivity index (χ0) is 13.0. The van der Waals surface area contributed by atoms with Gasteiger partial charge < -0.3 is 11.1 Å². The zero-order valence-electron chi connectivity index (χ0n) is 10.4. The van der Waals surface area contributed by atoms with Gasteiger partial charge in [0.25, 0.3) is 0 Å². The third-order valence-corrected chi connectivity index (χ3v) is 3.00. The van der Waals surface area contributed by atoms with Crippen molar-refractivity contribution < 1.29 is 0 Å². The molecule has 5 heteroatoms. The average Bonchev–Trinajstić information content (AvgIpc) is 2.72. The monoisotopic (exact) mass is 264 g/mol. The highest BCUT2D eigenvalue weighted by Gasteiger charge is 2.10. The van der Waals surface area contributed by atoms with Crippen LogP contribution in [0.3, 0.4) is 0 Å². The van der Waals surface area contributed by atoms with Crippen LogP contribution in [0.25, 0.3) is 11.3 Å². The molecule has 0 saturated heterocycles. The first-order valence-corrected chi connectivity index (χ1v) is 6.32. The van der Waals surface area contributed by atoms with Crippen LogP contribution in [-0.4, -0.2) is 22.9 Å². The molecule has 1 heterocycles. The molecule has 0 bridgehead atoms. The molecule has 1 aromatic carbocycles. The lowest BCUT2D eigenvalue weighted by molar-refractivity contribution is 0.776. The molecule has 0 amide bonds. The van der Waals surface area contributed by atoms with Gasteiger partial charge in [-0.1, -0.05) is 23.7 Å². The number of hydrogen-bond acceptors (Lipinski definition) is 3. The van der Waals surface area contributed by atoms with Crippen molar-refractivity contribution in [1.29, 1.82) is 0 Å². The summed E-state index contributed by atoms with van der Waals surface area (Å²) in [6.45, 7) is 1.53. The summed E-state index contributed by atoms with van der Waals surface area (Å²) >= 11 is 5.90. The lowest BCUT2D eigenvalue weighted by Gasteiger charge is -2.08. The van der Waals surface area contributed by atoms with E-state index in [-0.39, 0.29) is 0 Å². The standard InChI is InChI=1S/C13H17ClN4/c1-18-13(10-3-5-11(14)6-4-10)12(9-17-18)16-8-2-7-15/h3-6,9,16H,2,7-8,15H2,1H3. The summed E-state index contributed by atoms with van der Waals surface area (Å²) in [6, 6.07) is 7.75. The molecule has 18 heavy (non-hydrogen) atoms. The summed E-state index contributed by atoms with van der Waals surface area (Å²) in [6.07, 6.45) is 2.77. The van der Waals surface area contributed by atoms with Gasteiger partial charge in [-0.3, -0.25) is 4.68 Å². The molecule has 4 nitrogen and oxygen atoms in total. The van der Waals surface area contributed by atoms with E-state index in [1.165, 1.54) is 0 Å². The molecular weight excluding hydrogens is 248 g/mol. The van der Waals surface area contributed by atoms with Gasteiger partial charge in [-0.15, -0.1) is 0 Å². The largest absolute Gasteiger partial charge is 0.382 e. The minimum atomic E-state index is 0.684. The Hall–Kier alpha value is -1.52. The fourth-order valence-electron chi connectivity index (χ4n) is 1.84. The lowest BCUT2D eigenvalue weighted by atomic mass is 10.1. The molecular formula is C13H17ClN4. The molecule has 0 saturated carbocycles. The van der Waals surface area contributed by atoms with Crippen LogP contribution in [0.1, 0.15) is 6.42 Å². The maximum atomic E-state index is 5.90. The quantitative estimate of drug-likeness (QED) is 0.816. The summed E-state index contributed by atoms with van der Waals surface area (Å²) < 4.78 is 1.86. The molecule has 0 fully saturated rings. The van der Waals surface area contributed by atoms with E-state index in [9.17, 15) is 0 Å². The number of aromatic nitrogens is 2. The van der Waals surface area contributed by atoms with Crippen molar-refractivity contribution in [3.05, 3.63) is 35.5 Å². The van der Waals surface area contributed by atoms with Crippen molar-refractivity contribution in [2.24, 2.45) is 12.8 Å². The molecule has 3 N–H and O–H groups in total. The molecule has 0 aliphatic heterocycles. The minimum Gasteiger partial charge on any atom is -0.382 e.